The van der Waals surface area contributed by atoms with Gasteiger partial charge in [-0.25, -0.2) is 4.98 Å². The molecule has 0 saturated carbocycles. The van der Waals surface area contributed by atoms with Gasteiger partial charge in [-0.3, -0.25) is 4.79 Å². The molecule has 2 aromatic rings. The van der Waals surface area contributed by atoms with Gasteiger partial charge in [-0.1, -0.05) is 0 Å². The second kappa shape index (κ2) is 4.69. The second-order valence-electron chi connectivity index (χ2n) is 3.58. The molecule has 0 bridgehead atoms. The normalized spacial score (nSPS) is 10.2. The number of nitrogens with two attached hydrogens (primary N) is 1. The molecule has 1 heterocycles. The molecule has 0 fully saturated rings. The predicted molar refractivity (Wildman–Crippen MR) is 66.7 cm³/mol. The number of fused-ring (bicyclic) bond motifs is 1. The van der Waals surface area contributed by atoms with Crippen molar-refractivity contribution in [2.75, 3.05) is 24.7 Å². The summed E-state index contributed by atoms with van der Waals surface area (Å²) in [6, 6.07) is 9.18. The molecular weight excluding hydrogens is 218 g/mol. The molecule has 5 heteroatoms. The van der Waals surface area contributed by atoms with E-state index >= 15 is 0 Å². The summed E-state index contributed by atoms with van der Waals surface area (Å²) in [6.45, 7) is 0.101. The summed E-state index contributed by atoms with van der Waals surface area (Å²) < 4.78 is 4.53. The molecule has 0 atom stereocenters. The largest absolute Gasteiger partial charge is 0.468 e. The Morgan fingerprint density at radius 3 is 3.00 bits per heavy atom. The van der Waals surface area contributed by atoms with Crippen LogP contribution < -0.4 is 11.1 Å². The van der Waals surface area contributed by atoms with E-state index in [9.17, 15) is 4.79 Å². The van der Waals surface area contributed by atoms with Crippen LogP contribution in [0.5, 0.6) is 0 Å². The molecule has 1 aromatic carbocycles. The van der Waals surface area contributed by atoms with Gasteiger partial charge in [-0.05, 0) is 30.3 Å². The van der Waals surface area contributed by atoms with Gasteiger partial charge < -0.3 is 15.8 Å². The van der Waals surface area contributed by atoms with E-state index in [0.717, 1.165) is 10.9 Å². The van der Waals surface area contributed by atoms with Crippen LogP contribution in [-0.4, -0.2) is 24.6 Å². The van der Waals surface area contributed by atoms with Crippen molar-refractivity contribution < 1.29 is 9.53 Å². The molecule has 3 N–H and O–H groups in total. The fourth-order valence-corrected chi connectivity index (χ4v) is 1.48. The van der Waals surface area contributed by atoms with Crippen molar-refractivity contribution in [1.82, 2.24) is 4.98 Å². The van der Waals surface area contributed by atoms with Crippen LogP contribution in [0.3, 0.4) is 0 Å². The summed E-state index contributed by atoms with van der Waals surface area (Å²) >= 11 is 0. The van der Waals surface area contributed by atoms with E-state index < -0.39 is 0 Å². The predicted octanol–water partition coefficient (Wildman–Crippen LogP) is 1.40. The highest BCUT2D eigenvalue weighted by molar-refractivity contribution is 5.83. The summed E-state index contributed by atoms with van der Waals surface area (Å²) in [7, 11) is 1.35. The highest BCUT2D eigenvalue weighted by Crippen LogP contribution is 2.17. The van der Waals surface area contributed by atoms with Gasteiger partial charge in [0.2, 0.25) is 0 Å². The molecule has 0 aliphatic rings. The fourth-order valence-electron chi connectivity index (χ4n) is 1.48. The van der Waals surface area contributed by atoms with Crippen molar-refractivity contribution in [2.24, 2.45) is 0 Å². The molecule has 0 unspecified atom stereocenters. The highest BCUT2D eigenvalue weighted by atomic mass is 16.5. The van der Waals surface area contributed by atoms with Gasteiger partial charge in [0, 0.05) is 11.1 Å². The molecule has 17 heavy (non-hydrogen) atoms. The first-order valence-electron chi connectivity index (χ1n) is 5.16. The van der Waals surface area contributed by atoms with Gasteiger partial charge in [0.25, 0.3) is 0 Å². The van der Waals surface area contributed by atoms with E-state index in [-0.39, 0.29) is 12.5 Å². The number of nitrogen functional groups attached to an aromatic ring is 1. The Kier molecular flexibility index (Phi) is 3.09. The van der Waals surface area contributed by atoms with Crippen LogP contribution in [0.25, 0.3) is 10.9 Å². The number of benzene rings is 1. The third-order valence-corrected chi connectivity index (χ3v) is 2.35. The summed E-state index contributed by atoms with van der Waals surface area (Å²) in [5.74, 6) is 0.303. The lowest BCUT2D eigenvalue weighted by Crippen LogP contribution is -2.15. The smallest absolute Gasteiger partial charge is 0.325 e. The number of aromatic nitrogens is 1. The SMILES string of the molecule is COC(=O)CNc1ccc2cc(N)ccc2n1. The van der Waals surface area contributed by atoms with Crippen LogP contribution in [0.15, 0.2) is 30.3 Å². The van der Waals surface area contributed by atoms with Crippen LogP contribution in [0.4, 0.5) is 11.5 Å². The van der Waals surface area contributed by atoms with E-state index in [1.807, 2.05) is 18.2 Å². The molecule has 88 valence electrons. The van der Waals surface area contributed by atoms with Crippen LogP contribution in [0, 0.1) is 0 Å². The average Bonchev–Trinajstić information content (AvgIpc) is 2.35. The first kappa shape index (κ1) is 11.2. The maximum atomic E-state index is 11.0. The number of rotatable bonds is 3. The van der Waals surface area contributed by atoms with Crippen molar-refractivity contribution in [2.45, 2.75) is 0 Å². The molecule has 0 amide bonds. The minimum atomic E-state index is -0.329. The lowest BCUT2D eigenvalue weighted by atomic mass is 10.2. The van der Waals surface area contributed by atoms with Gasteiger partial charge in [0.05, 0.1) is 12.6 Å². The number of hydrogen-bond donors (Lipinski definition) is 2. The molecule has 0 aliphatic carbocycles. The van der Waals surface area contributed by atoms with Gasteiger partial charge in [0.15, 0.2) is 0 Å². The first-order chi connectivity index (χ1) is 8.19. The Labute approximate surface area is 98.6 Å². The number of nitrogens with zero attached hydrogens (tertiary/aromatic N) is 1. The van der Waals surface area contributed by atoms with E-state index in [1.54, 1.807) is 12.1 Å². The Bertz CT molecular complexity index is 554. The molecule has 1 aromatic heterocycles. The van der Waals surface area contributed by atoms with Crippen molar-refractivity contribution in [3.05, 3.63) is 30.3 Å². The number of hydrogen-bond acceptors (Lipinski definition) is 5. The molecule has 2 rings (SSSR count). The number of carbonyl (C=O) groups is 1. The number of pyridine rings is 1. The van der Waals surface area contributed by atoms with E-state index in [0.29, 0.717) is 11.5 Å². The fraction of sp³-hybridized carbons (Fsp3) is 0.167. The summed E-state index contributed by atoms with van der Waals surface area (Å²) in [4.78, 5) is 15.3. The van der Waals surface area contributed by atoms with Crippen LogP contribution in [0.2, 0.25) is 0 Å². The van der Waals surface area contributed by atoms with Crippen molar-refractivity contribution in [3.8, 4) is 0 Å². The molecule has 0 spiro atoms. The Hall–Kier alpha value is -2.30. The second-order valence-corrected chi connectivity index (χ2v) is 3.58. The monoisotopic (exact) mass is 231 g/mol. The quantitative estimate of drug-likeness (QED) is 0.616. The first-order valence-corrected chi connectivity index (χ1v) is 5.16. The molecular formula is C12H13N3O2. The summed E-state index contributed by atoms with van der Waals surface area (Å²) in [5.41, 5.74) is 7.20. The van der Waals surface area contributed by atoms with E-state index in [4.69, 9.17) is 5.73 Å². The van der Waals surface area contributed by atoms with Gasteiger partial charge in [0.1, 0.15) is 12.4 Å². The van der Waals surface area contributed by atoms with Crippen molar-refractivity contribution in [1.29, 1.82) is 0 Å². The van der Waals surface area contributed by atoms with Crippen molar-refractivity contribution >= 4 is 28.4 Å². The zero-order valence-electron chi connectivity index (χ0n) is 9.43. The number of methoxy groups -OCH3 is 1. The topological polar surface area (TPSA) is 77.2 Å². The molecule has 0 aliphatic heterocycles. The van der Waals surface area contributed by atoms with E-state index in [1.165, 1.54) is 7.11 Å². The van der Waals surface area contributed by atoms with E-state index in [2.05, 4.69) is 15.0 Å². The van der Waals surface area contributed by atoms with Crippen LogP contribution in [0.1, 0.15) is 0 Å². The summed E-state index contributed by atoms with van der Waals surface area (Å²) in [5, 5.41) is 3.85. The lowest BCUT2D eigenvalue weighted by Gasteiger charge is -2.05. The van der Waals surface area contributed by atoms with Gasteiger partial charge >= 0.3 is 5.97 Å². The molecule has 5 nitrogen and oxygen atoms in total. The Morgan fingerprint density at radius 1 is 1.41 bits per heavy atom. The number of ether oxygens (including phenoxy) is 1. The van der Waals surface area contributed by atoms with Gasteiger partial charge in [-0.15, -0.1) is 0 Å². The number of carbonyl (C=O) groups excluding carboxylic acids is 1. The van der Waals surface area contributed by atoms with Crippen molar-refractivity contribution in [3.63, 3.8) is 0 Å². The standard InChI is InChI=1S/C12H13N3O2/c1-17-12(16)7-14-11-5-2-8-6-9(13)3-4-10(8)15-11/h2-6H,7,13H2,1H3,(H,14,15). The third-order valence-electron chi connectivity index (χ3n) is 2.35. The average molecular weight is 231 g/mol. The molecule has 0 radical (unpaired) electrons. The number of nitrogens with one attached hydrogen (secondary N) is 1. The third kappa shape index (κ3) is 2.63. The van der Waals surface area contributed by atoms with Gasteiger partial charge in [-0.2, -0.15) is 0 Å². The number of anilines is 2. The Balaban J connectivity index is 2.20. The minimum Gasteiger partial charge on any atom is -0.468 e. The van der Waals surface area contributed by atoms with Crippen LogP contribution >= 0.6 is 0 Å². The maximum absolute atomic E-state index is 11.0. The zero-order valence-corrected chi connectivity index (χ0v) is 9.43. The van der Waals surface area contributed by atoms with Crippen LogP contribution in [-0.2, 0) is 9.53 Å². The summed E-state index contributed by atoms with van der Waals surface area (Å²) in [6.07, 6.45) is 0. The maximum Gasteiger partial charge on any atom is 0.325 e. The minimum absolute atomic E-state index is 0.101. The Morgan fingerprint density at radius 2 is 2.24 bits per heavy atom. The highest BCUT2D eigenvalue weighted by Gasteiger charge is 2.02. The number of esters is 1. The lowest BCUT2D eigenvalue weighted by molar-refractivity contribution is -0.138. The molecule has 0 saturated heterocycles. The zero-order chi connectivity index (χ0) is 12.3.